The number of ether oxygens (including phenoxy) is 1. The molecule has 1 atom stereocenters. The van der Waals surface area contributed by atoms with Crippen LogP contribution < -0.4 is 14.8 Å². The summed E-state index contributed by atoms with van der Waals surface area (Å²) in [5, 5.41) is 15.4. The second kappa shape index (κ2) is 11.1. The fraction of sp³-hybridized carbons (Fsp3) is 0.250. The molecule has 0 fully saturated rings. The summed E-state index contributed by atoms with van der Waals surface area (Å²) in [6.45, 7) is 1.13. The lowest BCUT2D eigenvalue weighted by molar-refractivity contribution is 0.172. The molecule has 1 heterocycles. The van der Waals surface area contributed by atoms with Gasteiger partial charge in [-0.2, -0.15) is 0 Å². The second-order valence-electron chi connectivity index (χ2n) is 8.38. The van der Waals surface area contributed by atoms with Gasteiger partial charge >= 0.3 is 0 Å². The minimum Gasteiger partial charge on any atom is -0.492 e. The van der Waals surface area contributed by atoms with Crippen molar-refractivity contribution in [3.8, 4) is 5.75 Å². The highest BCUT2D eigenvalue weighted by Gasteiger charge is 2.12. The zero-order valence-corrected chi connectivity index (χ0v) is 22.1. The van der Waals surface area contributed by atoms with E-state index in [2.05, 4.69) is 15.0 Å². The van der Waals surface area contributed by atoms with E-state index in [1.165, 1.54) is 6.26 Å². The van der Waals surface area contributed by atoms with Crippen LogP contribution in [0.4, 0.5) is 5.69 Å². The SMILES string of the molecule is CS(=O)(=O)Nc1cccc([C@@H](O)CNCCOc2ccc3c(c2)[nH]c2cc(S(C)(=O)=O)ccc23)c1.Cl. The van der Waals surface area contributed by atoms with Gasteiger partial charge < -0.3 is 20.1 Å². The predicted octanol–water partition coefficient (Wildman–Crippen LogP) is 3.22. The van der Waals surface area contributed by atoms with Gasteiger partial charge in [-0.3, -0.25) is 4.72 Å². The first-order chi connectivity index (χ1) is 16.5. The van der Waals surface area contributed by atoms with Crippen LogP contribution in [0.3, 0.4) is 0 Å². The molecule has 1 aromatic heterocycles. The molecule has 0 amide bonds. The molecule has 0 aliphatic rings. The third kappa shape index (κ3) is 6.89. The average Bonchev–Trinajstić information content (AvgIpc) is 3.14. The Hall–Kier alpha value is -2.83. The summed E-state index contributed by atoms with van der Waals surface area (Å²) in [6.07, 6.45) is 1.45. The highest BCUT2D eigenvalue weighted by atomic mass is 35.5. The van der Waals surface area contributed by atoms with Gasteiger partial charge in [-0.05, 0) is 42.0 Å². The molecule has 0 unspecified atom stereocenters. The Morgan fingerprint density at radius 2 is 1.64 bits per heavy atom. The molecular weight excluding hydrogens is 526 g/mol. The van der Waals surface area contributed by atoms with E-state index in [-0.39, 0.29) is 23.8 Å². The zero-order chi connectivity index (χ0) is 25.2. The van der Waals surface area contributed by atoms with Crippen LogP contribution in [0, 0.1) is 0 Å². The average molecular weight is 554 g/mol. The molecule has 194 valence electrons. The van der Waals surface area contributed by atoms with Crippen LogP contribution in [0.25, 0.3) is 21.8 Å². The molecule has 0 saturated heterocycles. The number of aliphatic hydroxyl groups excluding tert-OH is 1. The number of aliphatic hydroxyl groups is 1. The van der Waals surface area contributed by atoms with E-state index in [1.54, 1.807) is 42.5 Å². The minimum absolute atomic E-state index is 0. The number of aromatic amines is 1. The summed E-state index contributed by atoms with van der Waals surface area (Å²) < 4.78 is 54.6. The standard InChI is InChI=1S/C24H27N3O6S2.ClH/c1-34(29,30)19-7-9-21-20-8-6-18(13-22(20)26-23(21)14-19)33-11-10-25-15-24(28)16-4-3-5-17(12-16)27-35(2,31)32;/h3-9,12-14,24-28H,10-11,15H2,1-2H3;1H/t24-;/m0./s1. The number of sulfone groups is 1. The molecule has 0 saturated carbocycles. The van der Waals surface area contributed by atoms with Gasteiger partial charge in [0.2, 0.25) is 10.0 Å². The van der Waals surface area contributed by atoms with Crippen molar-refractivity contribution in [2.24, 2.45) is 0 Å². The largest absolute Gasteiger partial charge is 0.492 e. The smallest absolute Gasteiger partial charge is 0.229 e. The van der Waals surface area contributed by atoms with E-state index in [4.69, 9.17) is 4.74 Å². The number of anilines is 1. The molecular formula is C24H28ClN3O6S2. The second-order valence-corrected chi connectivity index (χ2v) is 12.1. The Balaban J connectivity index is 0.00000361. The molecule has 3 aromatic carbocycles. The number of nitrogens with one attached hydrogen (secondary N) is 3. The van der Waals surface area contributed by atoms with Crippen molar-refractivity contribution >= 4 is 59.8 Å². The molecule has 4 rings (SSSR count). The maximum atomic E-state index is 11.8. The number of sulfonamides is 1. The van der Waals surface area contributed by atoms with Crippen molar-refractivity contribution < 1.29 is 26.7 Å². The van der Waals surface area contributed by atoms with Crippen LogP contribution in [-0.2, 0) is 19.9 Å². The number of halogens is 1. The number of hydrogen-bond donors (Lipinski definition) is 4. The Morgan fingerprint density at radius 1 is 0.944 bits per heavy atom. The molecule has 12 heteroatoms. The van der Waals surface area contributed by atoms with Crippen molar-refractivity contribution in [2.75, 3.05) is 36.9 Å². The monoisotopic (exact) mass is 553 g/mol. The number of aromatic nitrogens is 1. The van der Waals surface area contributed by atoms with Crippen molar-refractivity contribution in [1.29, 1.82) is 0 Å². The summed E-state index contributed by atoms with van der Waals surface area (Å²) in [7, 11) is -6.68. The van der Waals surface area contributed by atoms with E-state index < -0.39 is 26.0 Å². The quantitative estimate of drug-likeness (QED) is 0.221. The van der Waals surface area contributed by atoms with E-state index >= 15 is 0 Å². The molecule has 0 radical (unpaired) electrons. The first-order valence-electron chi connectivity index (χ1n) is 10.8. The molecule has 0 bridgehead atoms. The molecule has 4 N–H and O–H groups in total. The number of H-pyrrole nitrogens is 1. The number of fused-ring (bicyclic) bond motifs is 3. The number of hydrogen-bond acceptors (Lipinski definition) is 7. The third-order valence-corrected chi connectivity index (χ3v) is 7.15. The summed E-state index contributed by atoms with van der Waals surface area (Å²) in [5.41, 5.74) is 2.57. The van der Waals surface area contributed by atoms with Crippen LogP contribution >= 0.6 is 12.4 Å². The minimum atomic E-state index is -3.39. The van der Waals surface area contributed by atoms with Gasteiger partial charge in [-0.1, -0.05) is 18.2 Å². The highest BCUT2D eigenvalue weighted by molar-refractivity contribution is 7.92. The molecule has 0 aliphatic heterocycles. The van der Waals surface area contributed by atoms with Gasteiger partial charge in [0.05, 0.1) is 22.8 Å². The van der Waals surface area contributed by atoms with Crippen molar-refractivity contribution in [3.63, 3.8) is 0 Å². The first kappa shape index (κ1) is 27.8. The Kier molecular flexibility index (Phi) is 8.52. The van der Waals surface area contributed by atoms with E-state index in [0.717, 1.165) is 28.1 Å². The highest BCUT2D eigenvalue weighted by Crippen LogP contribution is 2.30. The fourth-order valence-electron chi connectivity index (χ4n) is 3.81. The van der Waals surface area contributed by atoms with E-state index in [9.17, 15) is 21.9 Å². The molecule has 36 heavy (non-hydrogen) atoms. The molecule has 4 aromatic rings. The lowest BCUT2D eigenvalue weighted by atomic mass is 10.1. The van der Waals surface area contributed by atoms with Gasteiger partial charge in [0.1, 0.15) is 12.4 Å². The Labute approximate surface area is 216 Å². The summed E-state index contributed by atoms with van der Waals surface area (Å²) in [6, 6.07) is 17.3. The molecule has 0 spiro atoms. The van der Waals surface area contributed by atoms with Crippen LogP contribution in [0.2, 0.25) is 0 Å². The maximum absolute atomic E-state index is 11.8. The Bertz CT molecular complexity index is 1590. The summed E-state index contributed by atoms with van der Waals surface area (Å²) in [5.74, 6) is 0.661. The third-order valence-electron chi connectivity index (χ3n) is 5.43. The lowest BCUT2D eigenvalue weighted by Crippen LogP contribution is -2.26. The number of benzene rings is 3. The van der Waals surface area contributed by atoms with Crippen LogP contribution in [0.5, 0.6) is 5.75 Å². The van der Waals surface area contributed by atoms with E-state index in [0.29, 0.717) is 30.2 Å². The van der Waals surface area contributed by atoms with Crippen LogP contribution in [0.15, 0.2) is 65.6 Å². The van der Waals surface area contributed by atoms with Gasteiger partial charge in [-0.15, -0.1) is 12.4 Å². The van der Waals surface area contributed by atoms with Crippen molar-refractivity contribution in [2.45, 2.75) is 11.0 Å². The van der Waals surface area contributed by atoms with Crippen molar-refractivity contribution in [1.82, 2.24) is 10.3 Å². The summed E-state index contributed by atoms with van der Waals surface area (Å²) in [4.78, 5) is 3.51. The first-order valence-corrected chi connectivity index (χ1v) is 14.6. The lowest BCUT2D eigenvalue weighted by Gasteiger charge is -2.14. The molecule has 9 nitrogen and oxygen atoms in total. The Morgan fingerprint density at radius 3 is 2.33 bits per heavy atom. The van der Waals surface area contributed by atoms with Gasteiger partial charge in [0.25, 0.3) is 0 Å². The maximum Gasteiger partial charge on any atom is 0.229 e. The van der Waals surface area contributed by atoms with Gasteiger partial charge in [0.15, 0.2) is 9.84 Å². The number of rotatable bonds is 10. The van der Waals surface area contributed by atoms with E-state index in [1.807, 2.05) is 18.2 Å². The molecule has 0 aliphatic carbocycles. The summed E-state index contributed by atoms with van der Waals surface area (Å²) >= 11 is 0. The van der Waals surface area contributed by atoms with Gasteiger partial charge in [-0.25, -0.2) is 16.8 Å². The normalized spacial score (nSPS) is 12.9. The zero-order valence-electron chi connectivity index (χ0n) is 19.7. The van der Waals surface area contributed by atoms with Crippen LogP contribution in [-0.4, -0.2) is 59.1 Å². The topological polar surface area (TPSA) is 138 Å². The van der Waals surface area contributed by atoms with Crippen LogP contribution in [0.1, 0.15) is 11.7 Å². The van der Waals surface area contributed by atoms with Crippen molar-refractivity contribution in [3.05, 3.63) is 66.2 Å². The predicted molar refractivity (Wildman–Crippen MR) is 144 cm³/mol. The van der Waals surface area contributed by atoms with Gasteiger partial charge in [0, 0.05) is 47.4 Å². The fourth-order valence-corrected chi connectivity index (χ4v) is 5.01.